The van der Waals surface area contributed by atoms with Crippen LogP contribution in [0.2, 0.25) is 0 Å². The summed E-state index contributed by atoms with van der Waals surface area (Å²) < 4.78 is 32.1. The van der Waals surface area contributed by atoms with E-state index in [1.807, 2.05) is 0 Å². The molecular weight excluding hydrogens is 228 g/mol. The standard InChI is InChI=1S/C12H15F2NO2/c1-7-3-4-9(13)10(11(7)14)8(5-6-15)12(16)17-2/h3-4,8H,5-6,15H2,1-2H3/p+1. The molecule has 17 heavy (non-hydrogen) atoms. The maximum Gasteiger partial charge on any atom is 0.313 e. The molecule has 0 spiro atoms. The second kappa shape index (κ2) is 5.72. The summed E-state index contributed by atoms with van der Waals surface area (Å²) in [5.74, 6) is -2.99. The molecule has 3 nitrogen and oxygen atoms in total. The summed E-state index contributed by atoms with van der Waals surface area (Å²) in [5.41, 5.74) is 3.68. The van der Waals surface area contributed by atoms with E-state index in [0.29, 0.717) is 12.1 Å². The molecule has 0 fully saturated rings. The zero-order valence-corrected chi connectivity index (χ0v) is 9.93. The molecule has 1 unspecified atom stereocenters. The van der Waals surface area contributed by atoms with Crippen molar-refractivity contribution >= 4 is 5.97 Å². The first-order chi connectivity index (χ1) is 8.02. The van der Waals surface area contributed by atoms with Gasteiger partial charge in [0.05, 0.1) is 19.6 Å². The Bertz CT molecular complexity index is 421. The number of hydrogen-bond acceptors (Lipinski definition) is 2. The molecule has 0 aliphatic carbocycles. The Morgan fingerprint density at radius 3 is 2.65 bits per heavy atom. The molecule has 0 saturated carbocycles. The fourth-order valence-corrected chi connectivity index (χ4v) is 1.72. The van der Waals surface area contributed by atoms with Crippen LogP contribution in [0, 0.1) is 18.6 Å². The summed E-state index contributed by atoms with van der Waals surface area (Å²) in [6.45, 7) is 1.92. The summed E-state index contributed by atoms with van der Waals surface area (Å²) in [4.78, 5) is 11.5. The number of aryl methyl sites for hydroxylation is 1. The van der Waals surface area contributed by atoms with Crippen molar-refractivity contribution < 1.29 is 24.0 Å². The molecule has 3 N–H and O–H groups in total. The minimum Gasteiger partial charge on any atom is -0.469 e. The van der Waals surface area contributed by atoms with Crippen molar-refractivity contribution in [2.24, 2.45) is 0 Å². The molecule has 94 valence electrons. The fraction of sp³-hybridized carbons (Fsp3) is 0.417. The summed E-state index contributed by atoms with van der Waals surface area (Å²) in [7, 11) is 1.20. The van der Waals surface area contributed by atoms with Gasteiger partial charge in [0.1, 0.15) is 11.6 Å². The number of quaternary nitrogens is 1. The highest BCUT2D eigenvalue weighted by molar-refractivity contribution is 5.78. The average Bonchev–Trinajstić information content (AvgIpc) is 2.32. The van der Waals surface area contributed by atoms with Crippen LogP contribution in [0.1, 0.15) is 23.5 Å². The molecule has 0 aromatic heterocycles. The highest BCUT2D eigenvalue weighted by Gasteiger charge is 2.28. The molecule has 0 heterocycles. The van der Waals surface area contributed by atoms with Crippen molar-refractivity contribution in [2.75, 3.05) is 13.7 Å². The van der Waals surface area contributed by atoms with E-state index in [4.69, 9.17) is 0 Å². The van der Waals surface area contributed by atoms with Gasteiger partial charge in [0.25, 0.3) is 0 Å². The highest BCUT2D eigenvalue weighted by Crippen LogP contribution is 2.28. The van der Waals surface area contributed by atoms with Crippen LogP contribution in [-0.4, -0.2) is 19.6 Å². The molecule has 0 radical (unpaired) electrons. The highest BCUT2D eigenvalue weighted by atomic mass is 19.1. The molecule has 5 heteroatoms. The normalized spacial score (nSPS) is 12.3. The van der Waals surface area contributed by atoms with E-state index < -0.39 is 23.5 Å². The molecule has 0 amide bonds. The van der Waals surface area contributed by atoms with Crippen molar-refractivity contribution in [3.05, 3.63) is 34.9 Å². The molecule has 0 bridgehead atoms. The summed E-state index contributed by atoms with van der Waals surface area (Å²) in [5, 5.41) is 0. The molecule has 1 atom stereocenters. The Morgan fingerprint density at radius 2 is 2.12 bits per heavy atom. The van der Waals surface area contributed by atoms with Gasteiger partial charge in [-0.1, -0.05) is 6.07 Å². The third-order valence-electron chi connectivity index (χ3n) is 2.65. The Hall–Kier alpha value is -1.49. The van der Waals surface area contributed by atoms with Gasteiger partial charge in [-0.25, -0.2) is 8.78 Å². The van der Waals surface area contributed by atoms with Crippen molar-refractivity contribution in [1.82, 2.24) is 0 Å². The van der Waals surface area contributed by atoms with Crippen molar-refractivity contribution in [2.45, 2.75) is 19.3 Å². The third kappa shape index (κ3) is 2.79. The van der Waals surface area contributed by atoms with Gasteiger partial charge < -0.3 is 10.5 Å². The van der Waals surface area contributed by atoms with Gasteiger partial charge in [0.15, 0.2) is 0 Å². The second-order valence-electron chi connectivity index (χ2n) is 3.81. The van der Waals surface area contributed by atoms with Crippen LogP contribution in [0.5, 0.6) is 0 Å². The maximum atomic E-state index is 13.9. The lowest BCUT2D eigenvalue weighted by atomic mass is 9.93. The number of benzene rings is 1. The first-order valence-corrected chi connectivity index (χ1v) is 5.34. The Morgan fingerprint density at radius 1 is 1.47 bits per heavy atom. The largest absolute Gasteiger partial charge is 0.469 e. The second-order valence-corrected chi connectivity index (χ2v) is 3.81. The number of ether oxygens (including phenoxy) is 1. The predicted octanol–water partition coefficient (Wildman–Crippen LogP) is 1.16. The SMILES string of the molecule is COC(=O)C(CC[NH3+])c1c(F)ccc(C)c1F. The molecular formula is C12H16F2NO2+. The van der Waals surface area contributed by atoms with Gasteiger partial charge in [0, 0.05) is 12.0 Å². The number of methoxy groups -OCH3 is 1. The number of carbonyl (C=O) groups excluding carboxylic acids is 1. The van der Waals surface area contributed by atoms with E-state index in [1.165, 1.54) is 20.1 Å². The summed E-state index contributed by atoms with van der Waals surface area (Å²) in [6, 6.07) is 2.50. The van der Waals surface area contributed by atoms with Gasteiger partial charge in [-0.05, 0) is 18.6 Å². The van der Waals surface area contributed by atoms with Gasteiger partial charge in [-0.2, -0.15) is 0 Å². The van der Waals surface area contributed by atoms with Crippen molar-refractivity contribution in [1.29, 1.82) is 0 Å². The summed E-state index contributed by atoms with van der Waals surface area (Å²) in [6.07, 6.45) is 0.254. The Kier molecular flexibility index (Phi) is 4.57. The number of hydrogen-bond donors (Lipinski definition) is 1. The summed E-state index contributed by atoms with van der Waals surface area (Å²) >= 11 is 0. The van der Waals surface area contributed by atoms with Gasteiger partial charge in [0.2, 0.25) is 0 Å². The monoisotopic (exact) mass is 244 g/mol. The van der Waals surface area contributed by atoms with Crippen molar-refractivity contribution in [3.63, 3.8) is 0 Å². The lowest BCUT2D eigenvalue weighted by Gasteiger charge is -2.15. The zero-order valence-electron chi connectivity index (χ0n) is 9.93. The predicted molar refractivity (Wildman–Crippen MR) is 58.2 cm³/mol. The van der Waals surface area contributed by atoms with Crippen LogP contribution in [0.4, 0.5) is 8.78 Å². The molecule has 0 saturated heterocycles. The Balaban J connectivity index is 3.26. The van der Waals surface area contributed by atoms with Crippen LogP contribution >= 0.6 is 0 Å². The first kappa shape index (κ1) is 13.6. The topological polar surface area (TPSA) is 53.9 Å². The molecule has 1 aromatic carbocycles. The third-order valence-corrected chi connectivity index (χ3v) is 2.65. The number of carbonyl (C=O) groups is 1. The van der Waals surface area contributed by atoms with Crippen molar-refractivity contribution in [3.8, 4) is 0 Å². The van der Waals surface area contributed by atoms with Crippen LogP contribution < -0.4 is 5.73 Å². The quantitative estimate of drug-likeness (QED) is 0.808. The van der Waals surface area contributed by atoms with E-state index in [2.05, 4.69) is 10.5 Å². The van der Waals surface area contributed by atoms with Crippen LogP contribution in [0.15, 0.2) is 12.1 Å². The number of halogens is 2. The average molecular weight is 244 g/mol. The van der Waals surface area contributed by atoms with Crippen LogP contribution in [-0.2, 0) is 9.53 Å². The molecule has 1 aromatic rings. The smallest absolute Gasteiger partial charge is 0.313 e. The molecule has 0 aliphatic heterocycles. The minimum atomic E-state index is -0.933. The number of esters is 1. The maximum absolute atomic E-state index is 13.9. The van der Waals surface area contributed by atoms with E-state index in [-0.39, 0.29) is 12.0 Å². The van der Waals surface area contributed by atoms with E-state index in [0.717, 1.165) is 6.07 Å². The molecule has 0 aliphatic rings. The van der Waals surface area contributed by atoms with Gasteiger partial charge in [-0.3, -0.25) is 4.79 Å². The van der Waals surface area contributed by atoms with E-state index in [1.54, 1.807) is 0 Å². The van der Waals surface area contributed by atoms with Gasteiger partial charge in [-0.15, -0.1) is 0 Å². The van der Waals surface area contributed by atoms with E-state index in [9.17, 15) is 13.6 Å². The van der Waals surface area contributed by atoms with Gasteiger partial charge >= 0.3 is 5.97 Å². The zero-order chi connectivity index (χ0) is 13.0. The fourth-order valence-electron chi connectivity index (χ4n) is 1.72. The van der Waals surface area contributed by atoms with E-state index >= 15 is 0 Å². The minimum absolute atomic E-state index is 0.222. The lowest BCUT2D eigenvalue weighted by molar-refractivity contribution is -0.368. The van der Waals surface area contributed by atoms with Crippen LogP contribution in [0.3, 0.4) is 0 Å². The first-order valence-electron chi connectivity index (χ1n) is 5.34. The van der Waals surface area contributed by atoms with Crippen LogP contribution in [0.25, 0.3) is 0 Å². The molecule has 1 rings (SSSR count). The number of rotatable bonds is 4. The Labute approximate surface area is 98.6 Å². The lowest BCUT2D eigenvalue weighted by Crippen LogP contribution is -2.51.